The molecule has 0 saturated heterocycles. The van der Waals surface area contributed by atoms with Gasteiger partial charge in [0.05, 0.1) is 6.61 Å². The van der Waals surface area contributed by atoms with Crippen molar-refractivity contribution < 1.29 is 9.53 Å². The van der Waals surface area contributed by atoms with E-state index in [1.165, 1.54) is 11.1 Å². The summed E-state index contributed by atoms with van der Waals surface area (Å²) in [6.07, 6.45) is 2.20. The van der Waals surface area contributed by atoms with Gasteiger partial charge in [0.2, 0.25) is 5.91 Å². The van der Waals surface area contributed by atoms with Crippen molar-refractivity contribution in [2.45, 2.75) is 26.2 Å². The Kier molecular flexibility index (Phi) is 9.71. The topological polar surface area (TPSA) is 74.8 Å². The van der Waals surface area contributed by atoms with E-state index in [0.717, 1.165) is 43.0 Å². The zero-order chi connectivity index (χ0) is 20.6. The van der Waals surface area contributed by atoms with Gasteiger partial charge < -0.3 is 20.7 Å². The number of carbonyl (C=O) groups excluding carboxylic acids is 1. The molecule has 1 aliphatic heterocycles. The van der Waals surface area contributed by atoms with Crippen molar-refractivity contribution in [2.75, 3.05) is 32.1 Å². The molecule has 1 heterocycles. The smallest absolute Gasteiger partial charge is 0.226 e. The third kappa shape index (κ3) is 6.77. The molecule has 3 N–H and O–H groups in total. The maximum atomic E-state index is 12.2. The molecule has 0 radical (unpaired) electrons. The minimum absolute atomic E-state index is 0. The highest BCUT2D eigenvalue weighted by atomic mass is 127. The van der Waals surface area contributed by atoms with Gasteiger partial charge in [0.15, 0.2) is 5.96 Å². The summed E-state index contributed by atoms with van der Waals surface area (Å²) < 4.78 is 5.54. The minimum atomic E-state index is -0.0707. The highest BCUT2D eigenvalue weighted by Crippen LogP contribution is 2.26. The number of rotatable bonds is 7. The van der Waals surface area contributed by atoms with E-state index in [1.807, 2.05) is 25.1 Å². The van der Waals surface area contributed by atoms with Gasteiger partial charge in [-0.15, -0.1) is 24.0 Å². The molecule has 0 spiro atoms. The number of ether oxygens (including phenoxy) is 1. The highest BCUT2D eigenvalue weighted by Gasteiger charge is 2.12. The number of amides is 1. The fourth-order valence-corrected chi connectivity index (χ4v) is 3.37. The quantitative estimate of drug-likeness (QED) is 0.282. The third-order valence-electron chi connectivity index (χ3n) is 4.87. The first kappa shape index (κ1) is 24.3. The molecule has 1 amide bonds. The van der Waals surface area contributed by atoms with Gasteiger partial charge in [-0.25, -0.2) is 0 Å². The van der Waals surface area contributed by atoms with Crippen molar-refractivity contribution in [1.29, 1.82) is 0 Å². The van der Waals surface area contributed by atoms with Crippen LogP contribution in [-0.4, -0.2) is 38.6 Å². The second-order valence-electron chi connectivity index (χ2n) is 6.93. The van der Waals surface area contributed by atoms with E-state index in [0.29, 0.717) is 23.9 Å². The summed E-state index contributed by atoms with van der Waals surface area (Å²) in [5, 5.41) is 9.99. The Balaban J connectivity index is 0.00000320. The van der Waals surface area contributed by atoms with Gasteiger partial charge in [-0.2, -0.15) is 0 Å². The van der Waals surface area contributed by atoms with Crippen molar-refractivity contribution in [2.24, 2.45) is 4.99 Å². The van der Waals surface area contributed by atoms with Crippen LogP contribution in [-0.2, 0) is 17.6 Å². The Labute approximate surface area is 199 Å². The first-order chi connectivity index (χ1) is 14.1. The number of fused-ring (bicyclic) bond motifs is 1. The summed E-state index contributed by atoms with van der Waals surface area (Å²) in [6.45, 7) is 3.91. The maximum absolute atomic E-state index is 12.2. The summed E-state index contributed by atoms with van der Waals surface area (Å²) in [6, 6.07) is 11.8. The normalized spacial score (nSPS) is 12.4. The molecule has 30 heavy (non-hydrogen) atoms. The fraction of sp³-hybridized carbons (Fsp3) is 0.364. The van der Waals surface area contributed by atoms with Crippen molar-refractivity contribution in [3.63, 3.8) is 0 Å². The average Bonchev–Trinajstić information content (AvgIpc) is 3.18. The number of nitrogens with zero attached hydrogens (tertiary/aromatic N) is 1. The van der Waals surface area contributed by atoms with Crippen LogP contribution in [0.3, 0.4) is 0 Å². The molecule has 162 valence electrons. The van der Waals surface area contributed by atoms with E-state index in [1.54, 1.807) is 13.1 Å². The van der Waals surface area contributed by atoms with Crippen LogP contribution >= 0.6 is 35.6 Å². The molecular formula is C22H28ClIN4O2. The number of nitrogens with one attached hydrogen (secondary N) is 3. The second-order valence-corrected chi connectivity index (χ2v) is 7.33. The molecule has 0 fully saturated rings. The van der Waals surface area contributed by atoms with Gasteiger partial charge in [-0.3, -0.25) is 9.79 Å². The van der Waals surface area contributed by atoms with Crippen molar-refractivity contribution in [3.8, 4) is 5.75 Å². The van der Waals surface area contributed by atoms with E-state index in [-0.39, 0.29) is 29.9 Å². The van der Waals surface area contributed by atoms with Crippen LogP contribution in [0.5, 0.6) is 5.75 Å². The average molecular weight is 543 g/mol. The first-order valence-corrected chi connectivity index (χ1v) is 10.2. The molecule has 8 heteroatoms. The first-order valence-electron chi connectivity index (χ1n) is 9.81. The van der Waals surface area contributed by atoms with Crippen LogP contribution < -0.4 is 20.7 Å². The van der Waals surface area contributed by atoms with Gasteiger partial charge in [0.25, 0.3) is 0 Å². The van der Waals surface area contributed by atoms with Crippen molar-refractivity contribution >= 4 is 53.1 Å². The third-order valence-corrected chi connectivity index (χ3v) is 5.28. The Morgan fingerprint density at radius 1 is 1.20 bits per heavy atom. The molecule has 0 saturated carbocycles. The standard InChI is InChI=1S/C22H27ClN4O2.HI/c1-15-18(23)4-3-5-19(15)27-21(28)9-12-26-22(24-2)25-11-8-16-6-7-20-17(14-16)10-13-29-20;/h3-7,14H,8-13H2,1-2H3,(H,27,28)(H2,24,25,26);1H. The van der Waals surface area contributed by atoms with E-state index in [4.69, 9.17) is 16.3 Å². The lowest BCUT2D eigenvalue weighted by atomic mass is 10.1. The fourth-order valence-electron chi connectivity index (χ4n) is 3.19. The lowest BCUT2D eigenvalue weighted by Gasteiger charge is -2.13. The number of aliphatic imine (C=N–C) groups is 1. The SMILES string of the molecule is CN=C(NCCC(=O)Nc1cccc(Cl)c1C)NCCc1ccc2c(c1)CCO2.I. The molecule has 6 nitrogen and oxygen atoms in total. The lowest BCUT2D eigenvalue weighted by Crippen LogP contribution is -2.39. The number of carbonyl (C=O) groups is 1. The van der Waals surface area contributed by atoms with Crippen LogP contribution in [0.1, 0.15) is 23.1 Å². The minimum Gasteiger partial charge on any atom is -0.493 e. The number of hydrogen-bond donors (Lipinski definition) is 3. The Morgan fingerprint density at radius 2 is 2.00 bits per heavy atom. The molecule has 0 aliphatic carbocycles. The summed E-state index contributed by atoms with van der Waals surface area (Å²) >= 11 is 6.09. The van der Waals surface area contributed by atoms with Crippen LogP contribution in [0.15, 0.2) is 41.4 Å². The van der Waals surface area contributed by atoms with Gasteiger partial charge in [0.1, 0.15) is 5.75 Å². The number of guanidine groups is 1. The molecule has 2 aromatic carbocycles. The number of hydrogen-bond acceptors (Lipinski definition) is 3. The summed E-state index contributed by atoms with van der Waals surface area (Å²) in [5.41, 5.74) is 4.16. The van der Waals surface area contributed by atoms with E-state index in [9.17, 15) is 4.79 Å². The number of halogens is 2. The van der Waals surface area contributed by atoms with Gasteiger partial charge in [-0.1, -0.05) is 29.8 Å². The second kappa shape index (κ2) is 12.0. The molecule has 3 rings (SSSR count). The molecule has 0 atom stereocenters. The zero-order valence-electron chi connectivity index (χ0n) is 17.3. The molecule has 0 aromatic heterocycles. The molecule has 2 aromatic rings. The van der Waals surface area contributed by atoms with E-state index >= 15 is 0 Å². The summed E-state index contributed by atoms with van der Waals surface area (Å²) in [4.78, 5) is 16.4. The predicted molar refractivity (Wildman–Crippen MR) is 134 cm³/mol. The van der Waals surface area contributed by atoms with Gasteiger partial charge in [-0.05, 0) is 48.2 Å². The number of benzene rings is 2. The van der Waals surface area contributed by atoms with Crippen LogP contribution in [0.2, 0.25) is 5.02 Å². The Hall–Kier alpha value is -2.00. The Morgan fingerprint density at radius 3 is 2.80 bits per heavy atom. The largest absolute Gasteiger partial charge is 0.493 e. The van der Waals surface area contributed by atoms with Crippen LogP contribution in [0.25, 0.3) is 0 Å². The van der Waals surface area contributed by atoms with Crippen molar-refractivity contribution in [1.82, 2.24) is 10.6 Å². The van der Waals surface area contributed by atoms with Gasteiger partial charge in [0, 0.05) is 43.7 Å². The lowest BCUT2D eigenvalue weighted by molar-refractivity contribution is -0.116. The highest BCUT2D eigenvalue weighted by molar-refractivity contribution is 14.0. The zero-order valence-corrected chi connectivity index (χ0v) is 20.3. The molecular weight excluding hydrogens is 515 g/mol. The maximum Gasteiger partial charge on any atom is 0.226 e. The molecule has 0 unspecified atom stereocenters. The Bertz CT molecular complexity index is 905. The van der Waals surface area contributed by atoms with Crippen LogP contribution in [0.4, 0.5) is 5.69 Å². The van der Waals surface area contributed by atoms with Gasteiger partial charge >= 0.3 is 0 Å². The molecule has 1 aliphatic rings. The summed E-state index contributed by atoms with van der Waals surface area (Å²) in [5.74, 6) is 1.62. The summed E-state index contributed by atoms with van der Waals surface area (Å²) in [7, 11) is 1.72. The van der Waals surface area contributed by atoms with E-state index in [2.05, 4.69) is 33.1 Å². The number of anilines is 1. The predicted octanol–water partition coefficient (Wildman–Crippen LogP) is 3.94. The van der Waals surface area contributed by atoms with E-state index < -0.39 is 0 Å². The van der Waals surface area contributed by atoms with Crippen LogP contribution in [0, 0.1) is 6.92 Å². The monoisotopic (exact) mass is 542 g/mol. The van der Waals surface area contributed by atoms with Crippen molar-refractivity contribution in [3.05, 3.63) is 58.1 Å². The molecule has 0 bridgehead atoms.